The number of amides is 2. The SMILES string of the molecule is C[C@]1(C(=O)NC2CCCCCCC2)Cn2c(cc3occc32)C(=O)N1Cc1cccnc1. The number of hydrogen-bond donors (Lipinski definition) is 1. The predicted molar refractivity (Wildman–Crippen MR) is 121 cm³/mol. The molecule has 4 heterocycles. The maximum atomic E-state index is 13.8. The number of hydrogen-bond acceptors (Lipinski definition) is 4. The maximum absolute atomic E-state index is 13.8. The predicted octanol–water partition coefficient (Wildman–Crippen LogP) is 4.27. The summed E-state index contributed by atoms with van der Waals surface area (Å²) in [5, 5.41) is 3.31. The van der Waals surface area contributed by atoms with E-state index in [1.165, 1.54) is 19.3 Å². The van der Waals surface area contributed by atoms with E-state index in [-0.39, 0.29) is 17.9 Å². The molecule has 0 spiro atoms. The lowest BCUT2D eigenvalue weighted by molar-refractivity contribution is -0.134. The Labute approximate surface area is 187 Å². The number of fused-ring (bicyclic) bond motifs is 3. The molecule has 0 bridgehead atoms. The van der Waals surface area contributed by atoms with Crippen molar-refractivity contribution in [2.24, 2.45) is 0 Å². The molecule has 0 aromatic carbocycles. The zero-order chi connectivity index (χ0) is 22.1. The number of carbonyl (C=O) groups is 2. The molecule has 0 radical (unpaired) electrons. The van der Waals surface area contributed by atoms with Gasteiger partial charge >= 0.3 is 0 Å². The van der Waals surface area contributed by atoms with Crippen molar-refractivity contribution in [2.45, 2.75) is 76.5 Å². The van der Waals surface area contributed by atoms with Gasteiger partial charge in [0.1, 0.15) is 11.2 Å². The van der Waals surface area contributed by atoms with E-state index in [2.05, 4.69) is 10.3 Å². The Morgan fingerprint density at radius 2 is 2.00 bits per heavy atom. The third-order valence-corrected chi connectivity index (χ3v) is 7.04. The van der Waals surface area contributed by atoms with Crippen LogP contribution >= 0.6 is 0 Å². The summed E-state index contributed by atoms with van der Waals surface area (Å²) < 4.78 is 7.48. The quantitative estimate of drug-likeness (QED) is 0.665. The van der Waals surface area contributed by atoms with E-state index in [0.29, 0.717) is 24.4 Å². The minimum absolute atomic E-state index is 0.0868. The third-order valence-electron chi connectivity index (χ3n) is 7.04. The van der Waals surface area contributed by atoms with Crippen LogP contribution in [0.4, 0.5) is 0 Å². The van der Waals surface area contributed by atoms with Crippen molar-refractivity contribution in [3.05, 3.63) is 54.2 Å². The summed E-state index contributed by atoms with van der Waals surface area (Å²) in [5.41, 5.74) is 1.94. The Morgan fingerprint density at radius 1 is 1.22 bits per heavy atom. The molecule has 2 aliphatic rings. The third kappa shape index (κ3) is 3.70. The number of rotatable bonds is 4. The molecule has 3 aromatic rings. The molecule has 1 aliphatic carbocycles. The second-order valence-electron chi connectivity index (χ2n) is 9.33. The van der Waals surface area contributed by atoms with Crippen molar-refractivity contribution >= 4 is 22.9 Å². The zero-order valence-electron chi connectivity index (χ0n) is 18.5. The standard InChI is InChI=1S/C25H30N4O3/c1-25(24(31)27-19-9-5-3-2-4-6-10-19)17-28-20-11-13-32-22(20)14-21(28)23(30)29(25)16-18-8-7-12-26-15-18/h7-8,11-15,19H,2-6,9-10,16-17H2,1H3,(H,27,31)/t25-/m1/s1. The first-order chi connectivity index (χ1) is 15.6. The van der Waals surface area contributed by atoms with Crippen molar-refractivity contribution in [1.82, 2.24) is 19.8 Å². The molecule has 2 amide bonds. The summed E-state index contributed by atoms with van der Waals surface area (Å²) in [6.07, 6.45) is 13.1. The van der Waals surface area contributed by atoms with Crippen molar-refractivity contribution < 1.29 is 14.0 Å². The molecule has 1 N–H and O–H groups in total. The molecule has 1 aliphatic heterocycles. The molecule has 3 aromatic heterocycles. The molecular formula is C25H30N4O3. The van der Waals surface area contributed by atoms with Crippen LogP contribution in [-0.2, 0) is 17.9 Å². The highest BCUT2D eigenvalue weighted by Crippen LogP contribution is 2.34. The summed E-state index contributed by atoms with van der Waals surface area (Å²) in [4.78, 5) is 33.3. The molecular weight excluding hydrogens is 404 g/mol. The summed E-state index contributed by atoms with van der Waals surface area (Å²) in [6.45, 7) is 2.60. The smallest absolute Gasteiger partial charge is 0.271 e. The number of nitrogens with one attached hydrogen (secondary N) is 1. The average Bonchev–Trinajstić information content (AvgIpc) is 3.36. The Bertz CT molecular complexity index is 1110. The molecule has 1 saturated carbocycles. The molecule has 7 nitrogen and oxygen atoms in total. The van der Waals surface area contributed by atoms with Crippen LogP contribution in [0.5, 0.6) is 0 Å². The molecule has 0 saturated heterocycles. The summed E-state index contributed by atoms with van der Waals surface area (Å²) in [5.74, 6) is -0.252. The van der Waals surface area contributed by atoms with Crippen LogP contribution in [-0.4, -0.2) is 37.8 Å². The number of pyridine rings is 1. The van der Waals surface area contributed by atoms with Crippen molar-refractivity contribution in [1.29, 1.82) is 0 Å². The van der Waals surface area contributed by atoms with Crippen LogP contribution in [0.3, 0.4) is 0 Å². The number of carbonyl (C=O) groups excluding carboxylic acids is 2. The number of aromatic nitrogens is 2. The molecule has 5 rings (SSSR count). The maximum Gasteiger partial charge on any atom is 0.271 e. The Hall–Kier alpha value is -3.09. The van der Waals surface area contributed by atoms with Crippen molar-refractivity contribution in [3.63, 3.8) is 0 Å². The first-order valence-electron chi connectivity index (χ1n) is 11.6. The fraction of sp³-hybridized carbons (Fsp3) is 0.480. The van der Waals surface area contributed by atoms with E-state index in [9.17, 15) is 9.59 Å². The lowest BCUT2D eigenvalue weighted by atomic mass is 9.91. The highest BCUT2D eigenvalue weighted by molar-refractivity contribution is 6.02. The van der Waals surface area contributed by atoms with Gasteiger partial charge in [-0.05, 0) is 31.4 Å². The highest BCUT2D eigenvalue weighted by Gasteiger charge is 2.48. The lowest BCUT2D eigenvalue weighted by Crippen LogP contribution is -2.64. The minimum atomic E-state index is -1.02. The van der Waals surface area contributed by atoms with E-state index < -0.39 is 5.54 Å². The first-order valence-corrected chi connectivity index (χ1v) is 11.6. The molecule has 7 heteroatoms. The van der Waals surface area contributed by atoms with E-state index >= 15 is 0 Å². The van der Waals surface area contributed by atoms with Crippen LogP contribution in [0.25, 0.3) is 11.1 Å². The van der Waals surface area contributed by atoms with Crippen molar-refractivity contribution in [3.8, 4) is 0 Å². The summed E-state index contributed by atoms with van der Waals surface area (Å²) in [7, 11) is 0. The largest absolute Gasteiger partial charge is 0.463 e. The Balaban J connectivity index is 1.49. The highest BCUT2D eigenvalue weighted by atomic mass is 16.3. The van der Waals surface area contributed by atoms with E-state index in [0.717, 1.165) is 36.8 Å². The molecule has 168 valence electrons. The van der Waals surface area contributed by atoms with Gasteiger partial charge in [0, 0.05) is 37.1 Å². The average molecular weight is 435 g/mol. The van der Waals surface area contributed by atoms with Crippen LogP contribution in [0, 0.1) is 0 Å². The van der Waals surface area contributed by atoms with Crippen LogP contribution in [0.2, 0.25) is 0 Å². The molecule has 32 heavy (non-hydrogen) atoms. The molecule has 1 atom stereocenters. The molecule has 0 unspecified atom stereocenters. The zero-order valence-corrected chi connectivity index (χ0v) is 18.5. The van der Waals surface area contributed by atoms with Gasteiger partial charge in [-0.25, -0.2) is 0 Å². The van der Waals surface area contributed by atoms with Crippen LogP contribution < -0.4 is 5.32 Å². The normalized spacial score (nSPS) is 22.4. The van der Waals surface area contributed by atoms with E-state index in [1.807, 2.05) is 29.7 Å². The van der Waals surface area contributed by atoms with Gasteiger partial charge in [0.15, 0.2) is 5.58 Å². The van der Waals surface area contributed by atoms with Gasteiger partial charge in [-0.1, -0.05) is 38.2 Å². The second kappa shape index (κ2) is 8.45. The monoisotopic (exact) mass is 434 g/mol. The van der Waals surface area contributed by atoms with Crippen molar-refractivity contribution in [2.75, 3.05) is 0 Å². The van der Waals surface area contributed by atoms with Gasteiger partial charge in [-0.3, -0.25) is 14.6 Å². The van der Waals surface area contributed by atoms with Gasteiger partial charge in [0.2, 0.25) is 5.91 Å². The van der Waals surface area contributed by atoms with Gasteiger partial charge in [0.05, 0.1) is 18.3 Å². The fourth-order valence-corrected chi connectivity index (χ4v) is 5.14. The van der Waals surface area contributed by atoms with Gasteiger partial charge in [-0.15, -0.1) is 0 Å². The number of furan rings is 1. The van der Waals surface area contributed by atoms with Crippen LogP contribution in [0.1, 0.15) is 67.9 Å². The van der Waals surface area contributed by atoms with E-state index in [4.69, 9.17) is 4.42 Å². The lowest BCUT2D eigenvalue weighted by Gasteiger charge is -2.44. The van der Waals surface area contributed by atoms with Gasteiger partial charge in [0.25, 0.3) is 5.91 Å². The van der Waals surface area contributed by atoms with E-state index in [1.54, 1.807) is 29.6 Å². The minimum Gasteiger partial charge on any atom is -0.463 e. The first kappa shape index (κ1) is 20.8. The second-order valence-corrected chi connectivity index (χ2v) is 9.33. The summed E-state index contributed by atoms with van der Waals surface area (Å²) in [6, 6.07) is 7.59. The molecule has 1 fully saturated rings. The van der Waals surface area contributed by atoms with Crippen LogP contribution in [0.15, 0.2) is 47.3 Å². The Morgan fingerprint density at radius 3 is 2.75 bits per heavy atom. The summed E-state index contributed by atoms with van der Waals surface area (Å²) >= 11 is 0. The fourth-order valence-electron chi connectivity index (χ4n) is 5.14. The van der Waals surface area contributed by atoms with Gasteiger partial charge < -0.3 is 19.2 Å². The van der Waals surface area contributed by atoms with Gasteiger partial charge in [-0.2, -0.15) is 0 Å². The topological polar surface area (TPSA) is 80.4 Å². The number of nitrogens with zero attached hydrogens (tertiary/aromatic N) is 3. The Kier molecular flexibility index (Phi) is 5.49.